The molecule has 118 valence electrons. The number of nitrogens with zero attached hydrogens (tertiary/aromatic N) is 2. The van der Waals surface area contributed by atoms with Gasteiger partial charge in [-0.2, -0.15) is 5.10 Å². The van der Waals surface area contributed by atoms with Gasteiger partial charge in [0.15, 0.2) is 0 Å². The lowest BCUT2D eigenvalue weighted by atomic mass is 10.2. The van der Waals surface area contributed by atoms with Gasteiger partial charge in [0.1, 0.15) is 0 Å². The van der Waals surface area contributed by atoms with Crippen LogP contribution < -0.4 is 11.2 Å². The van der Waals surface area contributed by atoms with Crippen LogP contribution in [0.1, 0.15) is 15.9 Å². The van der Waals surface area contributed by atoms with Crippen molar-refractivity contribution in [2.24, 2.45) is 5.10 Å². The molecule has 0 atom stereocenters. The van der Waals surface area contributed by atoms with Crippen molar-refractivity contribution in [3.63, 3.8) is 0 Å². The maximum atomic E-state index is 12.1. The monoisotopic (exact) mass is 440 g/mol. The third kappa shape index (κ3) is 4.36. The summed E-state index contributed by atoms with van der Waals surface area (Å²) < 4.78 is 1.27. The molecule has 9 heteroatoms. The van der Waals surface area contributed by atoms with Crippen LogP contribution in [-0.2, 0) is 0 Å². The highest BCUT2D eigenvalue weighted by Gasteiger charge is 2.12. The SMILES string of the molecule is Nc1c(Br)cc(Br)cc1C(=O)NN=Cc1cccc([N+](=O)[O-])c1. The summed E-state index contributed by atoms with van der Waals surface area (Å²) >= 11 is 6.53. The number of hydrazone groups is 1. The maximum Gasteiger partial charge on any atom is 0.273 e. The fourth-order valence-electron chi connectivity index (χ4n) is 1.72. The summed E-state index contributed by atoms with van der Waals surface area (Å²) in [6.45, 7) is 0. The zero-order chi connectivity index (χ0) is 17.0. The van der Waals surface area contributed by atoms with Crippen LogP contribution in [0.25, 0.3) is 0 Å². The summed E-state index contributed by atoms with van der Waals surface area (Å²) in [7, 11) is 0. The minimum atomic E-state index is -0.504. The van der Waals surface area contributed by atoms with Crippen LogP contribution in [0, 0.1) is 10.1 Å². The first-order valence-corrected chi connectivity index (χ1v) is 7.79. The Balaban J connectivity index is 2.13. The molecule has 0 aliphatic carbocycles. The zero-order valence-corrected chi connectivity index (χ0v) is 14.7. The van der Waals surface area contributed by atoms with E-state index < -0.39 is 10.8 Å². The molecule has 23 heavy (non-hydrogen) atoms. The molecule has 0 fully saturated rings. The quantitative estimate of drug-likeness (QED) is 0.327. The van der Waals surface area contributed by atoms with E-state index in [1.54, 1.807) is 18.2 Å². The van der Waals surface area contributed by atoms with Crippen molar-refractivity contribution in [3.05, 3.63) is 66.6 Å². The average Bonchev–Trinajstić information content (AvgIpc) is 2.51. The molecule has 0 heterocycles. The Morgan fingerprint density at radius 2 is 2.04 bits per heavy atom. The standard InChI is InChI=1S/C14H10Br2N4O3/c15-9-5-11(13(17)12(16)6-9)14(21)19-18-7-8-2-1-3-10(4-8)20(22)23/h1-7H,17H2,(H,19,21). The Morgan fingerprint density at radius 3 is 2.74 bits per heavy atom. The summed E-state index contributed by atoms with van der Waals surface area (Å²) in [5.41, 5.74) is 9.14. The number of rotatable bonds is 4. The number of amides is 1. The summed E-state index contributed by atoms with van der Waals surface area (Å²) in [6, 6.07) is 9.17. The van der Waals surface area contributed by atoms with E-state index in [0.29, 0.717) is 14.5 Å². The summed E-state index contributed by atoms with van der Waals surface area (Å²) in [5, 5.41) is 14.5. The average molecular weight is 442 g/mol. The van der Waals surface area contributed by atoms with Gasteiger partial charge in [-0.15, -0.1) is 0 Å². The lowest BCUT2D eigenvalue weighted by molar-refractivity contribution is -0.384. The molecule has 0 radical (unpaired) electrons. The summed E-state index contributed by atoms with van der Waals surface area (Å²) in [4.78, 5) is 22.3. The van der Waals surface area contributed by atoms with Crippen LogP contribution >= 0.6 is 31.9 Å². The smallest absolute Gasteiger partial charge is 0.273 e. The lowest BCUT2D eigenvalue weighted by Crippen LogP contribution is -2.19. The van der Waals surface area contributed by atoms with E-state index in [1.807, 2.05) is 0 Å². The first-order valence-electron chi connectivity index (χ1n) is 6.21. The van der Waals surface area contributed by atoms with E-state index in [1.165, 1.54) is 24.4 Å². The first kappa shape index (κ1) is 17.1. The molecule has 7 nitrogen and oxygen atoms in total. The number of nitrogens with one attached hydrogen (secondary N) is 1. The highest BCUT2D eigenvalue weighted by molar-refractivity contribution is 9.11. The number of nitrogens with two attached hydrogens (primary N) is 1. The third-order valence-corrected chi connectivity index (χ3v) is 3.91. The Kier molecular flexibility index (Phi) is 5.45. The molecule has 0 saturated carbocycles. The minimum Gasteiger partial charge on any atom is -0.397 e. The van der Waals surface area contributed by atoms with Crippen LogP contribution in [0.2, 0.25) is 0 Å². The number of non-ortho nitro benzene ring substituents is 1. The van der Waals surface area contributed by atoms with Gasteiger partial charge >= 0.3 is 0 Å². The van der Waals surface area contributed by atoms with Crippen LogP contribution in [-0.4, -0.2) is 17.0 Å². The normalized spacial score (nSPS) is 10.7. The Morgan fingerprint density at radius 1 is 1.30 bits per heavy atom. The number of carbonyl (C=O) groups is 1. The molecular formula is C14H10Br2N4O3. The number of anilines is 1. The number of benzene rings is 2. The Hall–Kier alpha value is -2.26. The van der Waals surface area contributed by atoms with Gasteiger partial charge in [0.2, 0.25) is 0 Å². The van der Waals surface area contributed by atoms with Crippen LogP contribution in [0.15, 0.2) is 50.4 Å². The van der Waals surface area contributed by atoms with E-state index in [9.17, 15) is 14.9 Å². The van der Waals surface area contributed by atoms with Crippen molar-refractivity contribution in [2.45, 2.75) is 0 Å². The second kappa shape index (κ2) is 7.34. The summed E-state index contributed by atoms with van der Waals surface area (Å²) in [6.07, 6.45) is 1.31. The number of nitrogen functional groups attached to an aromatic ring is 1. The molecule has 0 aliphatic heterocycles. The van der Waals surface area contributed by atoms with Gasteiger partial charge in [0, 0.05) is 26.6 Å². The van der Waals surface area contributed by atoms with Gasteiger partial charge in [-0.25, -0.2) is 5.43 Å². The third-order valence-electron chi connectivity index (χ3n) is 2.80. The van der Waals surface area contributed by atoms with Crippen molar-refractivity contribution in [1.29, 1.82) is 0 Å². The Bertz CT molecular complexity index is 809. The largest absolute Gasteiger partial charge is 0.397 e. The van der Waals surface area contributed by atoms with Crippen molar-refractivity contribution in [3.8, 4) is 0 Å². The molecule has 1 amide bonds. The number of nitro groups is 1. The molecule has 2 aromatic rings. The van der Waals surface area contributed by atoms with Crippen LogP contribution in [0.4, 0.5) is 11.4 Å². The molecule has 3 N–H and O–H groups in total. The Labute approximate surface area is 148 Å². The number of hydrogen-bond acceptors (Lipinski definition) is 5. The van der Waals surface area contributed by atoms with Gasteiger partial charge in [-0.05, 0) is 28.1 Å². The van der Waals surface area contributed by atoms with E-state index in [4.69, 9.17) is 5.73 Å². The number of nitro benzene ring substituents is 1. The second-order valence-electron chi connectivity index (χ2n) is 4.40. The topological polar surface area (TPSA) is 111 Å². The van der Waals surface area contributed by atoms with Crippen LogP contribution in [0.5, 0.6) is 0 Å². The molecule has 2 aromatic carbocycles. The van der Waals surface area contributed by atoms with Crippen molar-refractivity contribution in [1.82, 2.24) is 5.43 Å². The second-order valence-corrected chi connectivity index (χ2v) is 6.17. The molecule has 0 spiro atoms. The highest BCUT2D eigenvalue weighted by Crippen LogP contribution is 2.28. The molecule has 0 aliphatic rings. The lowest BCUT2D eigenvalue weighted by Gasteiger charge is -2.07. The van der Waals surface area contributed by atoms with Gasteiger partial charge in [-0.1, -0.05) is 28.1 Å². The molecular weight excluding hydrogens is 432 g/mol. The zero-order valence-electron chi connectivity index (χ0n) is 11.5. The van der Waals surface area contributed by atoms with Crippen molar-refractivity contribution >= 4 is 55.4 Å². The van der Waals surface area contributed by atoms with E-state index >= 15 is 0 Å². The molecule has 0 saturated heterocycles. The minimum absolute atomic E-state index is 0.0551. The van der Waals surface area contributed by atoms with Crippen molar-refractivity contribution < 1.29 is 9.72 Å². The van der Waals surface area contributed by atoms with Gasteiger partial charge in [0.25, 0.3) is 11.6 Å². The predicted octanol–water partition coefficient (Wildman–Crippen LogP) is 3.47. The van der Waals surface area contributed by atoms with Crippen LogP contribution in [0.3, 0.4) is 0 Å². The highest BCUT2D eigenvalue weighted by atomic mass is 79.9. The summed E-state index contributed by atoms with van der Waals surface area (Å²) in [5.74, 6) is -0.494. The fraction of sp³-hybridized carbons (Fsp3) is 0. The van der Waals surface area contributed by atoms with Gasteiger partial charge < -0.3 is 5.73 Å². The van der Waals surface area contributed by atoms with Gasteiger partial charge in [-0.3, -0.25) is 14.9 Å². The van der Waals surface area contributed by atoms with E-state index in [2.05, 4.69) is 42.4 Å². The van der Waals surface area contributed by atoms with Gasteiger partial charge in [0.05, 0.1) is 22.4 Å². The first-order chi connectivity index (χ1) is 10.9. The van der Waals surface area contributed by atoms with Crippen molar-refractivity contribution in [2.75, 3.05) is 5.73 Å². The maximum absolute atomic E-state index is 12.1. The molecule has 2 rings (SSSR count). The van der Waals surface area contributed by atoms with E-state index in [0.717, 1.165) is 0 Å². The molecule has 0 bridgehead atoms. The number of carbonyl (C=O) groups excluding carboxylic acids is 1. The fourth-order valence-corrected chi connectivity index (χ4v) is 2.94. The predicted molar refractivity (Wildman–Crippen MR) is 94.4 cm³/mol. The number of hydrogen-bond donors (Lipinski definition) is 2. The molecule has 0 unspecified atom stereocenters. The molecule has 0 aromatic heterocycles. The van der Waals surface area contributed by atoms with E-state index in [-0.39, 0.29) is 16.9 Å². The number of halogens is 2.